The summed E-state index contributed by atoms with van der Waals surface area (Å²) in [5, 5.41) is 3.59. The number of nitrogens with one attached hydrogen (secondary N) is 1. The van der Waals surface area contributed by atoms with E-state index in [4.69, 9.17) is 23.2 Å². The normalized spacial score (nSPS) is 12.1. The summed E-state index contributed by atoms with van der Waals surface area (Å²) in [5.41, 5.74) is 3.55. The van der Waals surface area contributed by atoms with Gasteiger partial charge in [-0.1, -0.05) is 60.0 Å². The van der Waals surface area contributed by atoms with E-state index in [0.717, 1.165) is 27.4 Å². The molecule has 0 fully saturated rings. The lowest BCUT2D eigenvalue weighted by atomic mass is 10.1. The molecule has 2 amide bonds. The van der Waals surface area contributed by atoms with E-state index in [0.29, 0.717) is 27.8 Å². The minimum Gasteiger partial charge on any atom is -0.354 e. The number of carbonyl (C=O) groups excluding carboxylic acids is 2. The minimum atomic E-state index is -4.14. The Morgan fingerprint density at radius 3 is 2.10 bits per heavy atom. The fraction of sp³-hybridized carbons (Fsp3) is 0.333. The fourth-order valence-corrected chi connectivity index (χ4v) is 6.14. The number of nitrogens with zero attached hydrogens (tertiary/aromatic N) is 2. The molecular weight excluding hydrogens is 569 g/mol. The molecule has 3 rings (SSSR count). The number of halogens is 2. The Balaban J connectivity index is 2.07. The number of carbonyl (C=O) groups is 2. The van der Waals surface area contributed by atoms with Gasteiger partial charge in [0.2, 0.25) is 11.8 Å². The van der Waals surface area contributed by atoms with E-state index >= 15 is 0 Å². The first kappa shape index (κ1) is 31.5. The molecule has 0 aromatic heterocycles. The van der Waals surface area contributed by atoms with E-state index in [1.54, 1.807) is 49.4 Å². The first-order chi connectivity index (χ1) is 18.8. The maximum Gasteiger partial charge on any atom is 0.264 e. The Kier molecular flexibility index (Phi) is 10.6. The van der Waals surface area contributed by atoms with Crippen molar-refractivity contribution >= 4 is 50.7 Å². The van der Waals surface area contributed by atoms with Crippen molar-refractivity contribution in [2.75, 3.05) is 17.4 Å². The van der Waals surface area contributed by atoms with Gasteiger partial charge in [-0.15, -0.1) is 0 Å². The lowest BCUT2D eigenvalue weighted by molar-refractivity contribution is -0.139. The van der Waals surface area contributed by atoms with Crippen LogP contribution in [0.15, 0.2) is 65.6 Å². The molecule has 0 aliphatic rings. The quantitative estimate of drug-likeness (QED) is 0.289. The van der Waals surface area contributed by atoms with Crippen molar-refractivity contribution in [3.8, 4) is 0 Å². The van der Waals surface area contributed by atoms with Crippen LogP contribution in [-0.2, 0) is 26.2 Å². The van der Waals surface area contributed by atoms with Crippen molar-refractivity contribution in [2.45, 2.75) is 58.5 Å². The zero-order valence-corrected chi connectivity index (χ0v) is 25.7. The third-order valence-corrected chi connectivity index (χ3v) is 8.83. The van der Waals surface area contributed by atoms with Crippen molar-refractivity contribution in [1.29, 1.82) is 0 Å². The van der Waals surface area contributed by atoms with Crippen molar-refractivity contribution in [2.24, 2.45) is 0 Å². The second kappa shape index (κ2) is 13.5. The van der Waals surface area contributed by atoms with E-state index in [1.165, 1.54) is 17.0 Å². The zero-order chi connectivity index (χ0) is 29.6. The number of anilines is 1. The molecule has 0 aliphatic heterocycles. The molecule has 1 unspecified atom stereocenters. The summed E-state index contributed by atoms with van der Waals surface area (Å²) >= 11 is 12.5. The van der Waals surface area contributed by atoms with Crippen LogP contribution in [-0.4, -0.2) is 44.3 Å². The Morgan fingerprint density at radius 2 is 1.52 bits per heavy atom. The van der Waals surface area contributed by atoms with Crippen LogP contribution in [0.2, 0.25) is 10.0 Å². The van der Waals surface area contributed by atoms with Gasteiger partial charge in [0.1, 0.15) is 12.6 Å². The molecule has 0 aliphatic carbocycles. The number of rotatable bonds is 11. The highest BCUT2D eigenvalue weighted by molar-refractivity contribution is 7.92. The molecule has 1 N–H and O–H groups in total. The molecule has 0 saturated heterocycles. The van der Waals surface area contributed by atoms with Gasteiger partial charge in [-0.25, -0.2) is 8.42 Å². The summed E-state index contributed by atoms with van der Waals surface area (Å²) in [4.78, 5) is 28.4. The lowest BCUT2D eigenvalue weighted by Gasteiger charge is -2.32. The van der Waals surface area contributed by atoms with Crippen LogP contribution >= 0.6 is 23.2 Å². The summed E-state index contributed by atoms with van der Waals surface area (Å²) in [5.74, 6) is -0.903. The molecule has 10 heteroatoms. The minimum absolute atomic E-state index is 0.0131. The highest BCUT2D eigenvalue weighted by Crippen LogP contribution is 2.28. The molecule has 0 bridgehead atoms. The van der Waals surface area contributed by atoms with Crippen LogP contribution in [0.1, 0.15) is 42.5 Å². The average Bonchev–Trinajstić information content (AvgIpc) is 2.89. The van der Waals surface area contributed by atoms with Gasteiger partial charge >= 0.3 is 0 Å². The first-order valence-corrected chi connectivity index (χ1v) is 15.2. The molecular formula is C30H35Cl2N3O4S. The maximum atomic E-state index is 14.0. The SMILES string of the molecule is CCCNC(=O)C(C)N(Cc1ccc(Cl)cc1Cl)C(=O)CN(c1cc(C)cc(C)c1)S(=O)(=O)c1ccc(C)cc1. The number of amides is 2. The molecule has 3 aromatic carbocycles. The van der Waals surface area contributed by atoms with Crippen LogP contribution < -0.4 is 9.62 Å². The van der Waals surface area contributed by atoms with Crippen LogP contribution in [0.3, 0.4) is 0 Å². The van der Waals surface area contributed by atoms with Crippen molar-refractivity contribution in [3.63, 3.8) is 0 Å². The van der Waals surface area contributed by atoms with Gasteiger partial charge in [-0.2, -0.15) is 0 Å². The van der Waals surface area contributed by atoms with Crippen molar-refractivity contribution < 1.29 is 18.0 Å². The van der Waals surface area contributed by atoms with Crippen LogP contribution in [0, 0.1) is 20.8 Å². The van der Waals surface area contributed by atoms with E-state index in [2.05, 4.69) is 5.32 Å². The zero-order valence-electron chi connectivity index (χ0n) is 23.4. The van der Waals surface area contributed by atoms with Gasteiger partial charge in [0.25, 0.3) is 10.0 Å². The number of sulfonamides is 1. The van der Waals surface area contributed by atoms with Gasteiger partial charge in [-0.3, -0.25) is 13.9 Å². The van der Waals surface area contributed by atoms with Gasteiger partial charge < -0.3 is 10.2 Å². The summed E-state index contributed by atoms with van der Waals surface area (Å²) in [7, 11) is -4.14. The maximum absolute atomic E-state index is 14.0. The average molecular weight is 605 g/mol. The molecule has 0 radical (unpaired) electrons. The molecule has 0 heterocycles. The van der Waals surface area contributed by atoms with Gasteiger partial charge in [0.15, 0.2) is 0 Å². The molecule has 40 heavy (non-hydrogen) atoms. The van der Waals surface area contributed by atoms with Crippen LogP contribution in [0.25, 0.3) is 0 Å². The summed E-state index contributed by atoms with van der Waals surface area (Å²) in [6.07, 6.45) is 0.727. The molecule has 0 saturated carbocycles. The smallest absolute Gasteiger partial charge is 0.264 e. The number of aryl methyl sites for hydroxylation is 3. The highest BCUT2D eigenvalue weighted by atomic mass is 35.5. The van der Waals surface area contributed by atoms with E-state index in [9.17, 15) is 18.0 Å². The van der Waals surface area contributed by atoms with Gasteiger partial charge in [0.05, 0.1) is 10.6 Å². The lowest BCUT2D eigenvalue weighted by Crippen LogP contribution is -2.51. The molecule has 214 valence electrons. The van der Waals surface area contributed by atoms with Crippen LogP contribution in [0.5, 0.6) is 0 Å². The Bertz CT molecular complexity index is 1460. The predicted molar refractivity (Wildman–Crippen MR) is 161 cm³/mol. The largest absolute Gasteiger partial charge is 0.354 e. The number of benzene rings is 3. The van der Waals surface area contributed by atoms with E-state index < -0.39 is 28.5 Å². The van der Waals surface area contributed by atoms with Crippen molar-refractivity contribution in [3.05, 3.63) is 93.0 Å². The van der Waals surface area contributed by atoms with Gasteiger partial charge in [0, 0.05) is 23.1 Å². The summed E-state index contributed by atoms with van der Waals surface area (Å²) < 4.78 is 29.0. The molecule has 7 nitrogen and oxygen atoms in total. The van der Waals surface area contributed by atoms with Gasteiger partial charge in [-0.05, 0) is 87.2 Å². The molecule has 0 spiro atoms. The number of hydrogen-bond donors (Lipinski definition) is 1. The summed E-state index contributed by atoms with van der Waals surface area (Å²) in [6.45, 7) is 9.06. The first-order valence-electron chi connectivity index (χ1n) is 13.0. The van der Waals surface area contributed by atoms with E-state index in [1.807, 2.05) is 33.8 Å². The number of hydrogen-bond acceptors (Lipinski definition) is 4. The highest BCUT2D eigenvalue weighted by Gasteiger charge is 2.33. The molecule has 3 aromatic rings. The van der Waals surface area contributed by atoms with E-state index in [-0.39, 0.29) is 17.3 Å². The Morgan fingerprint density at radius 1 is 0.900 bits per heavy atom. The van der Waals surface area contributed by atoms with Crippen molar-refractivity contribution in [1.82, 2.24) is 10.2 Å². The third kappa shape index (κ3) is 7.77. The second-order valence-electron chi connectivity index (χ2n) is 9.90. The fourth-order valence-electron chi connectivity index (χ4n) is 4.27. The second-order valence-corrected chi connectivity index (χ2v) is 12.6. The Labute approximate surface area is 247 Å². The monoisotopic (exact) mass is 603 g/mol. The van der Waals surface area contributed by atoms with Crippen LogP contribution in [0.4, 0.5) is 5.69 Å². The topological polar surface area (TPSA) is 86.8 Å². The molecule has 1 atom stereocenters. The Hall–Kier alpha value is -3.07. The summed E-state index contributed by atoms with van der Waals surface area (Å²) in [6, 6.07) is 15.9. The predicted octanol–water partition coefficient (Wildman–Crippen LogP) is 6.06. The third-order valence-electron chi connectivity index (χ3n) is 6.45. The standard InChI is InChI=1S/C30H35Cl2N3O4S/c1-6-13-33-30(37)23(5)34(18-24-9-10-25(31)17-28(24)32)29(36)19-35(26-15-21(3)14-22(4)16-26)40(38,39)27-11-7-20(2)8-12-27/h7-12,14-17,23H,6,13,18-19H2,1-5H3,(H,33,37).